The summed E-state index contributed by atoms with van der Waals surface area (Å²) in [6.45, 7) is 3.37. The Balaban J connectivity index is 1.83. The van der Waals surface area contributed by atoms with E-state index in [1.54, 1.807) is 0 Å². The van der Waals surface area contributed by atoms with Crippen molar-refractivity contribution < 1.29 is 13.2 Å². The second kappa shape index (κ2) is 8.89. The second-order valence-corrected chi connectivity index (χ2v) is 9.17. The Kier molecular flexibility index (Phi) is 6.55. The Morgan fingerprint density at radius 1 is 1.22 bits per heavy atom. The van der Waals surface area contributed by atoms with Crippen LogP contribution < -0.4 is 4.72 Å². The molecule has 2 heterocycles. The zero-order chi connectivity index (χ0) is 19.3. The van der Waals surface area contributed by atoms with Gasteiger partial charge in [0, 0.05) is 30.2 Å². The van der Waals surface area contributed by atoms with E-state index in [0.717, 1.165) is 42.1 Å². The van der Waals surface area contributed by atoms with Crippen molar-refractivity contribution in [3.63, 3.8) is 0 Å². The second-order valence-electron chi connectivity index (χ2n) is 7.29. The van der Waals surface area contributed by atoms with Crippen LogP contribution >= 0.6 is 0 Å². The van der Waals surface area contributed by atoms with Crippen molar-refractivity contribution in [2.75, 3.05) is 18.8 Å². The van der Waals surface area contributed by atoms with Gasteiger partial charge in [-0.15, -0.1) is 0 Å². The number of hydrogen-bond acceptors (Lipinski definition) is 3. The molecule has 1 saturated heterocycles. The standard InChI is InChI=1S/C20H29N3O3S/c1-2-3-13-27(25,26)22-19(20(24)23-11-7-4-8-12-23)14-16-15-21-18-10-6-5-9-17(16)18/h5-6,9-10,15,19,21-22H,2-4,7-8,11-14H2,1H3/t19-/m0/s1. The maximum Gasteiger partial charge on any atom is 0.241 e. The van der Waals surface area contributed by atoms with Crippen molar-refractivity contribution >= 4 is 26.8 Å². The van der Waals surface area contributed by atoms with Crippen LogP contribution in [0.1, 0.15) is 44.6 Å². The van der Waals surface area contributed by atoms with E-state index >= 15 is 0 Å². The summed E-state index contributed by atoms with van der Waals surface area (Å²) in [7, 11) is -3.49. The van der Waals surface area contributed by atoms with E-state index < -0.39 is 16.1 Å². The Hall–Kier alpha value is -1.86. The molecule has 27 heavy (non-hydrogen) atoms. The maximum absolute atomic E-state index is 13.1. The highest BCUT2D eigenvalue weighted by atomic mass is 32.2. The molecule has 0 unspecified atom stereocenters. The van der Waals surface area contributed by atoms with Gasteiger partial charge in [0.25, 0.3) is 0 Å². The summed E-state index contributed by atoms with van der Waals surface area (Å²) in [5.74, 6) is -0.0543. The number of hydrogen-bond donors (Lipinski definition) is 2. The number of aromatic amines is 1. The quantitative estimate of drug-likeness (QED) is 0.726. The summed E-state index contributed by atoms with van der Waals surface area (Å²) in [5, 5.41) is 1.03. The van der Waals surface area contributed by atoms with E-state index in [2.05, 4.69) is 9.71 Å². The number of carbonyl (C=O) groups is 1. The van der Waals surface area contributed by atoms with Crippen molar-refractivity contribution in [3.05, 3.63) is 36.0 Å². The predicted octanol–water partition coefficient (Wildman–Crippen LogP) is 2.81. The normalized spacial score (nSPS) is 16.6. The summed E-state index contributed by atoms with van der Waals surface area (Å²) in [6.07, 6.45) is 6.70. The van der Waals surface area contributed by atoms with Crippen LogP contribution in [-0.4, -0.2) is 49.1 Å². The minimum atomic E-state index is -3.49. The number of aromatic nitrogens is 1. The number of para-hydroxylation sites is 1. The lowest BCUT2D eigenvalue weighted by Gasteiger charge is -2.30. The minimum absolute atomic E-state index is 0.0567. The molecule has 2 aromatic rings. The molecule has 0 aliphatic carbocycles. The molecule has 1 aliphatic rings. The number of fused-ring (bicyclic) bond motifs is 1. The maximum atomic E-state index is 13.1. The first-order valence-corrected chi connectivity index (χ1v) is 11.5. The summed E-state index contributed by atoms with van der Waals surface area (Å²) in [6, 6.07) is 7.11. The van der Waals surface area contributed by atoms with Crippen molar-refractivity contribution in [2.24, 2.45) is 0 Å². The molecule has 148 valence electrons. The third-order valence-electron chi connectivity index (χ3n) is 5.15. The highest BCUT2D eigenvalue weighted by Crippen LogP contribution is 2.21. The molecule has 7 heteroatoms. The minimum Gasteiger partial charge on any atom is -0.361 e. The zero-order valence-electron chi connectivity index (χ0n) is 15.9. The van der Waals surface area contributed by atoms with Crippen LogP contribution in [0.4, 0.5) is 0 Å². The molecule has 1 aromatic heterocycles. The molecule has 1 aliphatic heterocycles. The molecule has 3 rings (SSSR count). The van der Waals surface area contributed by atoms with Crippen molar-refractivity contribution in [3.8, 4) is 0 Å². The van der Waals surface area contributed by atoms with Gasteiger partial charge in [0.1, 0.15) is 6.04 Å². The SMILES string of the molecule is CCCCS(=O)(=O)N[C@@H](Cc1c[nH]c2ccccc12)C(=O)N1CCCCC1. The molecule has 6 nitrogen and oxygen atoms in total. The van der Waals surface area contributed by atoms with Gasteiger partial charge in [0.05, 0.1) is 5.75 Å². The molecule has 0 bridgehead atoms. The van der Waals surface area contributed by atoms with Gasteiger partial charge in [0.15, 0.2) is 0 Å². The fourth-order valence-electron chi connectivity index (χ4n) is 3.64. The number of sulfonamides is 1. The lowest BCUT2D eigenvalue weighted by atomic mass is 10.0. The van der Waals surface area contributed by atoms with E-state index in [1.165, 1.54) is 0 Å². The third kappa shape index (κ3) is 5.11. The Labute approximate surface area is 161 Å². The number of nitrogens with zero attached hydrogens (tertiary/aromatic N) is 1. The molecule has 1 amide bonds. The Morgan fingerprint density at radius 2 is 1.96 bits per heavy atom. The molecule has 0 spiro atoms. The average molecular weight is 392 g/mol. The first kappa shape index (κ1) is 19.9. The fourth-order valence-corrected chi connectivity index (χ4v) is 5.05. The number of unbranched alkanes of at least 4 members (excludes halogenated alkanes) is 1. The highest BCUT2D eigenvalue weighted by molar-refractivity contribution is 7.89. The van der Waals surface area contributed by atoms with E-state index in [9.17, 15) is 13.2 Å². The van der Waals surface area contributed by atoms with Gasteiger partial charge in [-0.25, -0.2) is 13.1 Å². The fraction of sp³-hybridized carbons (Fsp3) is 0.550. The average Bonchev–Trinajstić information content (AvgIpc) is 3.09. The topological polar surface area (TPSA) is 82.3 Å². The summed E-state index contributed by atoms with van der Waals surface area (Å²) >= 11 is 0. The molecule has 0 radical (unpaired) electrons. The highest BCUT2D eigenvalue weighted by Gasteiger charge is 2.29. The molecule has 1 aromatic carbocycles. The smallest absolute Gasteiger partial charge is 0.241 e. The number of amides is 1. The third-order valence-corrected chi connectivity index (χ3v) is 6.62. The van der Waals surface area contributed by atoms with Crippen LogP contribution in [0, 0.1) is 0 Å². The van der Waals surface area contributed by atoms with E-state index in [4.69, 9.17) is 0 Å². The van der Waals surface area contributed by atoms with Gasteiger partial charge in [0.2, 0.25) is 15.9 Å². The first-order chi connectivity index (χ1) is 13.0. The van der Waals surface area contributed by atoms with Crippen molar-refractivity contribution in [1.82, 2.24) is 14.6 Å². The summed E-state index contributed by atoms with van der Waals surface area (Å²) in [4.78, 5) is 18.1. The molecule has 1 atom stereocenters. The van der Waals surface area contributed by atoms with Crippen LogP contribution in [0.3, 0.4) is 0 Å². The predicted molar refractivity (Wildman–Crippen MR) is 108 cm³/mol. The molecular weight excluding hydrogens is 362 g/mol. The van der Waals surface area contributed by atoms with Gasteiger partial charge < -0.3 is 9.88 Å². The van der Waals surface area contributed by atoms with Crippen molar-refractivity contribution in [1.29, 1.82) is 0 Å². The molecule has 1 fully saturated rings. The van der Waals surface area contributed by atoms with E-state index in [-0.39, 0.29) is 11.7 Å². The van der Waals surface area contributed by atoms with Crippen LogP contribution in [0.15, 0.2) is 30.5 Å². The van der Waals surface area contributed by atoms with Gasteiger partial charge in [-0.05, 0) is 43.7 Å². The van der Waals surface area contributed by atoms with E-state index in [0.29, 0.717) is 25.9 Å². The zero-order valence-corrected chi connectivity index (χ0v) is 16.7. The van der Waals surface area contributed by atoms with Crippen LogP contribution in [0.25, 0.3) is 10.9 Å². The van der Waals surface area contributed by atoms with Gasteiger partial charge in [-0.3, -0.25) is 4.79 Å². The Morgan fingerprint density at radius 3 is 2.70 bits per heavy atom. The molecule has 0 saturated carbocycles. The number of likely N-dealkylation sites (tertiary alicyclic amines) is 1. The summed E-state index contributed by atoms with van der Waals surface area (Å²) < 4.78 is 27.7. The largest absolute Gasteiger partial charge is 0.361 e. The number of H-pyrrole nitrogens is 1. The molecular formula is C20H29N3O3S. The molecule has 2 N–H and O–H groups in total. The lowest BCUT2D eigenvalue weighted by Crippen LogP contribution is -2.51. The van der Waals surface area contributed by atoms with Crippen molar-refractivity contribution in [2.45, 2.75) is 51.5 Å². The van der Waals surface area contributed by atoms with Gasteiger partial charge in [-0.2, -0.15) is 0 Å². The van der Waals surface area contributed by atoms with Gasteiger partial charge >= 0.3 is 0 Å². The number of nitrogens with one attached hydrogen (secondary N) is 2. The Bertz CT molecular complexity index is 869. The van der Waals surface area contributed by atoms with E-state index in [1.807, 2.05) is 42.3 Å². The van der Waals surface area contributed by atoms with Crippen LogP contribution in [0.2, 0.25) is 0 Å². The number of benzene rings is 1. The first-order valence-electron chi connectivity index (χ1n) is 9.84. The van der Waals surface area contributed by atoms with Crippen LogP contribution in [0.5, 0.6) is 0 Å². The van der Waals surface area contributed by atoms with Crippen LogP contribution in [-0.2, 0) is 21.2 Å². The van der Waals surface area contributed by atoms with Gasteiger partial charge in [-0.1, -0.05) is 31.5 Å². The lowest BCUT2D eigenvalue weighted by molar-refractivity contribution is -0.133. The number of rotatable bonds is 8. The summed E-state index contributed by atoms with van der Waals surface area (Å²) in [5.41, 5.74) is 1.95. The number of piperidine rings is 1. The number of carbonyl (C=O) groups excluding carboxylic acids is 1. The monoisotopic (exact) mass is 391 g/mol.